The minimum Gasteiger partial charge on any atom is -0.496 e. The molecule has 2 aromatic rings. The highest BCUT2D eigenvalue weighted by molar-refractivity contribution is 5.77. The Morgan fingerprint density at radius 1 is 0.967 bits per heavy atom. The summed E-state index contributed by atoms with van der Waals surface area (Å²) in [5, 5.41) is 9.01. The molecule has 0 aromatic heterocycles. The number of aliphatic carboxylic acids is 1. The zero-order valence-electron chi connectivity index (χ0n) is 17.8. The van der Waals surface area contributed by atoms with E-state index in [-0.39, 0.29) is 6.42 Å². The molecule has 1 N–H and O–H groups in total. The third-order valence-corrected chi connectivity index (χ3v) is 4.66. The molecule has 2 rings (SSSR count). The number of hydrogen-bond acceptors (Lipinski definition) is 6. The van der Waals surface area contributed by atoms with E-state index in [0.29, 0.717) is 12.2 Å². The number of esters is 1. The minimum atomic E-state index is -1.00. The molecule has 2 unspecified atom stereocenters. The number of carboxylic acid groups (broad SMARTS) is 1. The van der Waals surface area contributed by atoms with Gasteiger partial charge in [-0.15, -0.1) is 0 Å². The smallest absolute Gasteiger partial charge is 0.340 e. The van der Waals surface area contributed by atoms with Crippen LogP contribution in [0.4, 0.5) is 0 Å². The van der Waals surface area contributed by atoms with Crippen LogP contribution in [-0.4, -0.2) is 55.5 Å². The Balaban J connectivity index is 2.04. The molecule has 0 spiro atoms. The van der Waals surface area contributed by atoms with Crippen molar-refractivity contribution < 1.29 is 28.9 Å². The molecule has 0 bridgehead atoms. The molecule has 7 heteroatoms. The summed E-state index contributed by atoms with van der Waals surface area (Å²) < 4.78 is 16.6. The van der Waals surface area contributed by atoms with Crippen molar-refractivity contribution >= 4 is 11.9 Å². The first-order valence-electron chi connectivity index (χ1n) is 9.77. The summed E-state index contributed by atoms with van der Waals surface area (Å²) in [7, 11) is 5.03. The predicted octanol–water partition coefficient (Wildman–Crippen LogP) is 3.15. The number of rotatable bonds is 11. The molecule has 2 aromatic carbocycles. The van der Waals surface area contributed by atoms with E-state index in [2.05, 4.69) is 0 Å². The van der Waals surface area contributed by atoms with Crippen molar-refractivity contribution in [3.63, 3.8) is 0 Å². The molecule has 0 saturated carbocycles. The van der Waals surface area contributed by atoms with Crippen molar-refractivity contribution in [1.82, 2.24) is 4.90 Å². The Labute approximate surface area is 177 Å². The number of ether oxygens (including phenoxy) is 3. The number of nitrogens with zero attached hydrogens (tertiary/aromatic N) is 1. The summed E-state index contributed by atoms with van der Waals surface area (Å²) in [6, 6.07) is 15.1. The van der Waals surface area contributed by atoms with Crippen molar-refractivity contribution in [2.45, 2.75) is 38.5 Å². The Bertz CT molecular complexity index is 851. The molecule has 0 saturated heterocycles. The summed E-state index contributed by atoms with van der Waals surface area (Å²) in [6.45, 7) is 1.55. The van der Waals surface area contributed by atoms with Crippen LogP contribution >= 0.6 is 0 Å². The fourth-order valence-electron chi connectivity index (χ4n) is 2.97. The molecule has 0 heterocycles. The quantitative estimate of drug-likeness (QED) is 0.343. The first kappa shape index (κ1) is 23.4. The van der Waals surface area contributed by atoms with E-state index in [4.69, 9.17) is 19.3 Å². The second-order valence-electron chi connectivity index (χ2n) is 7.14. The third-order valence-electron chi connectivity index (χ3n) is 4.66. The predicted molar refractivity (Wildman–Crippen MR) is 113 cm³/mol. The number of aryl methyl sites for hydroxylation is 2. The van der Waals surface area contributed by atoms with Crippen LogP contribution < -0.4 is 9.47 Å². The van der Waals surface area contributed by atoms with Crippen LogP contribution in [0.25, 0.3) is 0 Å². The van der Waals surface area contributed by atoms with E-state index in [1.807, 2.05) is 36.4 Å². The fraction of sp³-hybridized carbons (Fsp3) is 0.391. The Morgan fingerprint density at radius 3 is 2.03 bits per heavy atom. The minimum absolute atomic E-state index is 0.236. The highest BCUT2D eigenvalue weighted by Gasteiger charge is 2.25. The number of carboxylic acids is 1. The van der Waals surface area contributed by atoms with Crippen molar-refractivity contribution in [1.29, 1.82) is 0 Å². The van der Waals surface area contributed by atoms with Crippen molar-refractivity contribution in [3.05, 3.63) is 59.7 Å². The van der Waals surface area contributed by atoms with Crippen LogP contribution in [0.5, 0.6) is 11.5 Å². The summed E-state index contributed by atoms with van der Waals surface area (Å²) in [5.74, 6) is -0.289. The Kier molecular flexibility index (Phi) is 8.83. The van der Waals surface area contributed by atoms with Gasteiger partial charge in [-0.3, -0.25) is 9.69 Å². The number of carbonyl (C=O) groups excluding carboxylic acids is 1. The lowest BCUT2D eigenvalue weighted by Gasteiger charge is -2.25. The van der Waals surface area contributed by atoms with Gasteiger partial charge in [0.1, 0.15) is 17.7 Å². The van der Waals surface area contributed by atoms with Crippen LogP contribution in [-0.2, 0) is 27.2 Å². The SMILES string of the molecule is COc1ccccc1CCc1ccccc1OC(=O)C(C)OC(CC(=O)O)N(C)C. The first-order chi connectivity index (χ1) is 14.3. The average molecular weight is 415 g/mol. The summed E-state index contributed by atoms with van der Waals surface area (Å²) >= 11 is 0. The Morgan fingerprint density at radius 2 is 1.50 bits per heavy atom. The maximum atomic E-state index is 12.6. The lowest BCUT2D eigenvalue weighted by Crippen LogP contribution is -2.39. The van der Waals surface area contributed by atoms with Gasteiger partial charge in [0.15, 0.2) is 6.10 Å². The zero-order chi connectivity index (χ0) is 22.1. The standard InChI is InChI=1S/C23H29NO6/c1-16(29-21(24(2)3)15-22(25)26)23(27)30-20-12-8-6-10-18(20)14-13-17-9-5-7-11-19(17)28-4/h5-12,16,21H,13-15H2,1-4H3,(H,25,26). The topological polar surface area (TPSA) is 85.3 Å². The summed E-state index contributed by atoms with van der Waals surface area (Å²) in [4.78, 5) is 25.2. The van der Waals surface area contributed by atoms with E-state index < -0.39 is 24.3 Å². The van der Waals surface area contributed by atoms with E-state index in [1.54, 1.807) is 45.2 Å². The summed E-state index contributed by atoms with van der Waals surface area (Å²) in [5.41, 5.74) is 1.96. The molecule has 2 atom stereocenters. The molecular formula is C23H29NO6. The van der Waals surface area contributed by atoms with E-state index in [9.17, 15) is 9.59 Å². The monoisotopic (exact) mass is 415 g/mol. The van der Waals surface area contributed by atoms with Crippen LogP contribution in [0.15, 0.2) is 48.5 Å². The van der Waals surface area contributed by atoms with Gasteiger partial charge in [-0.2, -0.15) is 0 Å². The number of benzene rings is 2. The second kappa shape index (κ2) is 11.3. The van der Waals surface area contributed by atoms with Crippen molar-refractivity contribution in [2.75, 3.05) is 21.2 Å². The van der Waals surface area contributed by atoms with Crippen molar-refractivity contribution in [3.8, 4) is 11.5 Å². The van der Waals surface area contributed by atoms with Crippen LogP contribution in [0, 0.1) is 0 Å². The highest BCUT2D eigenvalue weighted by atomic mass is 16.6. The lowest BCUT2D eigenvalue weighted by atomic mass is 10.0. The van der Waals surface area contributed by atoms with Gasteiger partial charge in [0.25, 0.3) is 0 Å². The number of carbonyl (C=O) groups is 2. The van der Waals surface area contributed by atoms with Gasteiger partial charge in [-0.05, 0) is 57.1 Å². The largest absolute Gasteiger partial charge is 0.496 e. The van der Waals surface area contributed by atoms with Gasteiger partial charge in [0.2, 0.25) is 0 Å². The van der Waals surface area contributed by atoms with Gasteiger partial charge >= 0.3 is 11.9 Å². The number of methoxy groups -OCH3 is 1. The van der Waals surface area contributed by atoms with Gasteiger partial charge in [-0.25, -0.2) is 4.79 Å². The maximum absolute atomic E-state index is 12.6. The lowest BCUT2D eigenvalue weighted by molar-refractivity contribution is -0.163. The normalized spacial score (nSPS) is 13.0. The number of para-hydroxylation sites is 2. The van der Waals surface area contributed by atoms with Gasteiger partial charge in [-0.1, -0.05) is 36.4 Å². The average Bonchev–Trinajstić information content (AvgIpc) is 2.72. The van der Waals surface area contributed by atoms with Crippen LogP contribution in [0.1, 0.15) is 24.5 Å². The molecule has 0 aliphatic carbocycles. The molecule has 0 aliphatic heterocycles. The highest BCUT2D eigenvalue weighted by Crippen LogP contribution is 2.24. The second-order valence-corrected chi connectivity index (χ2v) is 7.14. The van der Waals surface area contributed by atoms with Crippen molar-refractivity contribution in [2.24, 2.45) is 0 Å². The zero-order valence-corrected chi connectivity index (χ0v) is 17.8. The molecule has 0 amide bonds. The van der Waals surface area contributed by atoms with E-state index in [0.717, 1.165) is 23.3 Å². The molecular weight excluding hydrogens is 386 g/mol. The van der Waals surface area contributed by atoms with Gasteiger partial charge in [0.05, 0.1) is 13.5 Å². The van der Waals surface area contributed by atoms with Crippen LogP contribution in [0.3, 0.4) is 0 Å². The molecule has 0 aliphatic rings. The fourth-order valence-corrected chi connectivity index (χ4v) is 2.97. The third kappa shape index (κ3) is 6.86. The first-order valence-corrected chi connectivity index (χ1v) is 9.77. The van der Waals surface area contributed by atoms with E-state index >= 15 is 0 Å². The molecule has 7 nitrogen and oxygen atoms in total. The number of hydrogen-bond donors (Lipinski definition) is 1. The van der Waals surface area contributed by atoms with E-state index in [1.165, 1.54) is 0 Å². The molecule has 0 radical (unpaired) electrons. The molecule has 30 heavy (non-hydrogen) atoms. The Hall–Kier alpha value is -2.90. The van der Waals surface area contributed by atoms with Gasteiger partial charge in [0, 0.05) is 0 Å². The van der Waals surface area contributed by atoms with Crippen LogP contribution in [0.2, 0.25) is 0 Å². The summed E-state index contributed by atoms with van der Waals surface area (Å²) in [6.07, 6.45) is -0.491. The maximum Gasteiger partial charge on any atom is 0.340 e. The van der Waals surface area contributed by atoms with Gasteiger partial charge < -0.3 is 19.3 Å². The molecule has 162 valence electrons. The molecule has 0 fully saturated rings.